The number of fused-ring (bicyclic) bond motifs is 1. The van der Waals surface area contributed by atoms with Gasteiger partial charge < -0.3 is 18.9 Å². The van der Waals surface area contributed by atoms with E-state index in [0.717, 1.165) is 11.1 Å². The van der Waals surface area contributed by atoms with Crippen LogP contribution >= 0.6 is 11.3 Å². The zero-order chi connectivity index (χ0) is 27.2. The maximum absolute atomic E-state index is 13.8. The van der Waals surface area contributed by atoms with Gasteiger partial charge in [-0.15, -0.1) is 0 Å². The Hall–Kier alpha value is -4.11. The van der Waals surface area contributed by atoms with Crippen LogP contribution in [0.2, 0.25) is 0 Å². The number of nitrogens with zero attached hydrogens (tertiary/aromatic N) is 2. The van der Waals surface area contributed by atoms with Crippen LogP contribution in [0.25, 0.3) is 6.08 Å². The summed E-state index contributed by atoms with van der Waals surface area (Å²) in [4.78, 5) is 31.9. The first-order valence-corrected chi connectivity index (χ1v) is 13.1. The molecule has 0 spiro atoms. The molecule has 0 fully saturated rings. The minimum atomic E-state index is -0.688. The number of esters is 1. The van der Waals surface area contributed by atoms with Crippen molar-refractivity contribution >= 4 is 23.4 Å². The van der Waals surface area contributed by atoms with Gasteiger partial charge in [0.05, 0.1) is 42.2 Å². The Kier molecular flexibility index (Phi) is 8.48. The Morgan fingerprint density at radius 1 is 1.11 bits per heavy atom. The molecule has 3 aromatic rings. The van der Waals surface area contributed by atoms with Crippen molar-refractivity contribution in [3.8, 4) is 17.2 Å². The molecule has 2 heterocycles. The van der Waals surface area contributed by atoms with Crippen molar-refractivity contribution in [2.24, 2.45) is 4.99 Å². The molecule has 0 radical (unpaired) electrons. The topological polar surface area (TPSA) is 88.4 Å². The van der Waals surface area contributed by atoms with Crippen molar-refractivity contribution in [1.29, 1.82) is 0 Å². The van der Waals surface area contributed by atoms with Crippen LogP contribution < -0.4 is 29.1 Å². The summed E-state index contributed by atoms with van der Waals surface area (Å²) in [7, 11) is 1.56. The Balaban J connectivity index is 1.85. The zero-order valence-electron chi connectivity index (χ0n) is 21.9. The maximum atomic E-state index is 13.8. The van der Waals surface area contributed by atoms with Crippen molar-refractivity contribution in [2.75, 3.05) is 26.9 Å². The Morgan fingerprint density at radius 2 is 1.87 bits per heavy atom. The zero-order valence-corrected chi connectivity index (χ0v) is 22.7. The molecule has 198 valence electrons. The summed E-state index contributed by atoms with van der Waals surface area (Å²) in [5, 5.41) is 0. The summed E-state index contributed by atoms with van der Waals surface area (Å²) >= 11 is 1.26. The second-order valence-electron chi connectivity index (χ2n) is 8.31. The fraction of sp³-hybridized carbons (Fsp3) is 0.276. The van der Waals surface area contributed by atoms with Gasteiger partial charge in [-0.2, -0.15) is 0 Å². The van der Waals surface area contributed by atoms with Gasteiger partial charge in [-0.25, -0.2) is 9.79 Å². The van der Waals surface area contributed by atoms with Gasteiger partial charge in [0.2, 0.25) is 0 Å². The predicted octanol–water partition coefficient (Wildman–Crippen LogP) is 3.77. The summed E-state index contributed by atoms with van der Waals surface area (Å²) in [5.74, 6) is 1.33. The molecule has 4 rings (SSSR count). The van der Waals surface area contributed by atoms with E-state index in [2.05, 4.69) is 11.6 Å². The Bertz CT molecular complexity index is 1550. The van der Waals surface area contributed by atoms with Gasteiger partial charge >= 0.3 is 5.97 Å². The van der Waals surface area contributed by atoms with Gasteiger partial charge in [0.1, 0.15) is 12.4 Å². The molecular formula is C29H30N2O6S. The molecule has 8 nitrogen and oxygen atoms in total. The number of carbonyl (C=O) groups is 1. The van der Waals surface area contributed by atoms with E-state index >= 15 is 0 Å². The molecule has 38 heavy (non-hydrogen) atoms. The third-order valence-corrected chi connectivity index (χ3v) is 6.85. The molecule has 0 aliphatic carbocycles. The van der Waals surface area contributed by atoms with Crippen LogP contribution in [-0.2, 0) is 9.53 Å². The normalized spacial score (nSPS) is 14.9. The average Bonchev–Trinajstić information content (AvgIpc) is 3.21. The molecule has 0 saturated heterocycles. The van der Waals surface area contributed by atoms with Gasteiger partial charge in [-0.1, -0.05) is 42.2 Å². The van der Waals surface area contributed by atoms with E-state index in [4.69, 9.17) is 18.9 Å². The lowest BCUT2D eigenvalue weighted by Gasteiger charge is -2.24. The van der Waals surface area contributed by atoms with E-state index in [-0.39, 0.29) is 12.2 Å². The first-order valence-electron chi connectivity index (χ1n) is 12.3. The average molecular weight is 535 g/mol. The van der Waals surface area contributed by atoms with Gasteiger partial charge in [-0.05, 0) is 62.2 Å². The fourth-order valence-electron chi connectivity index (χ4n) is 4.21. The molecule has 1 aliphatic rings. The summed E-state index contributed by atoms with van der Waals surface area (Å²) in [6, 6.07) is 12.1. The van der Waals surface area contributed by atoms with E-state index in [9.17, 15) is 9.59 Å². The lowest BCUT2D eigenvalue weighted by Crippen LogP contribution is -2.39. The highest BCUT2D eigenvalue weighted by Gasteiger charge is 2.33. The molecule has 9 heteroatoms. The molecule has 1 unspecified atom stereocenters. The number of methoxy groups -OCH3 is 1. The molecule has 0 amide bonds. The standard InChI is InChI=1S/C29H30N2O6S/c1-6-15-37-22-14-9-19(16-23(22)34-5)17-24-27(32)31-26(20-10-12-21(13-11-20)35-7-2)25(28(33)36-8-3)18(4)30-29(31)38-24/h6,9-14,16-17,26H,1,7-8,15H2,2-5H3/b24-17-. The number of hydrogen-bond acceptors (Lipinski definition) is 8. The van der Waals surface area contributed by atoms with Crippen molar-refractivity contribution in [3.63, 3.8) is 0 Å². The predicted molar refractivity (Wildman–Crippen MR) is 147 cm³/mol. The van der Waals surface area contributed by atoms with E-state index in [0.29, 0.717) is 51.1 Å². The fourth-order valence-corrected chi connectivity index (χ4v) is 5.26. The van der Waals surface area contributed by atoms with Crippen LogP contribution in [-0.4, -0.2) is 37.5 Å². The Labute approximate surface area is 224 Å². The van der Waals surface area contributed by atoms with E-state index in [1.807, 2.05) is 37.3 Å². The number of hydrogen-bond donors (Lipinski definition) is 0. The second kappa shape index (κ2) is 12.0. The minimum absolute atomic E-state index is 0.213. The molecule has 2 aromatic carbocycles. The number of thiazole rings is 1. The number of allylic oxidation sites excluding steroid dienone is 1. The first-order chi connectivity index (χ1) is 18.4. The first kappa shape index (κ1) is 26.9. The second-order valence-corrected chi connectivity index (χ2v) is 9.32. The SMILES string of the molecule is C=CCOc1ccc(/C=c2\sc3n(c2=O)C(c2ccc(OCC)cc2)C(C(=O)OCC)=C(C)N=3)cc1OC. The van der Waals surface area contributed by atoms with Crippen molar-refractivity contribution in [2.45, 2.75) is 26.8 Å². The van der Waals surface area contributed by atoms with E-state index in [1.54, 1.807) is 49.8 Å². The molecule has 1 aromatic heterocycles. The third kappa shape index (κ3) is 5.43. The lowest BCUT2D eigenvalue weighted by molar-refractivity contribution is -0.139. The van der Waals surface area contributed by atoms with Gasteiger partial charge in [0.25, 0.3) is 5.56 Å². The van der Waals surface area contributed by atoms with E-state index in [1.165, 1.54) is 11.3 Å². The highest BCUT2D eigenvalue weighted by Crippen LogP contribution is 2.32. The smallest absolute Gasteiger partial charge is 0.338 e. The number of rotatable bonds is 10. The van der Waals surface area contributed by atoms with E-state index < -0.39 is 12.0 Å². The monoisotopic (exact) mass is 534 g/mol. The van der Waals surface area contributed by atoms with Crippen LogP contribution in [0.15, 0.2) is 76.2 Å². The van der Waals surface area contributed by atoms with Crippen molar-refractivity contribution < 1.29 is 23.7 Å². The molecule has 0 bridgehead atoms. The van der Waals surface area contributed by atoms with Crippen molar-refractivity contribution in [1.82, 2.24) is 4.57 Å². The van der Waals surface area contributed by atoms with Crippen LogP contribution in [0, 0.1) is 0 Å². The Morgan fingerprint density at radius 3 is 2.53 bits per heavy atom. The number of benzene rings is 2. The van der Waals surface area contributed by atoms with Gasteiger partial charge in [0.15, 0.2) is 16.3 Å². The largest absolute Gasteiger partial charge is 0.494 e. The molecule has 0 saturated carbocycles. The number of ether oxygens (including phenoxy) is 4. The summed E-state index contributed by atoms with van der Waals surface area (Å²) in [5.41, 5.74) is 2.11. The number of carbonyl (C=O) groups excluding carboxylic acids is 1. The van der Waals surface area contributed by atoms with Crippen molar-refractivity contribution in [3.05, 3.63) is 97.2 Å². The highest BCUT2D eigenvalue weighted by molar-refractivity contribution is 7.07. The summed E-state index contributed by atoms with van der Waals surface area (Å²) in [6.07, 6.45) is 3.43. The van der Waals surface area contributed by atoms with Crippen LogP contribution in [0.5, 0.6) is 17.2 Å². The molecule has 0 N–H and O–H groups in total. The summed E-state index contributed by atoms with van der Waals surface area (Å²) in [6.45, 7) is 10.2. The maximum Gasteiger partial charge on any atom is 0.338 e. The van der Waals surface area contributed by atoms with Crippen LogP contribution in [0.4, 0.5) is 0 Å². The highest BCUT2D eigenvalue weighted by atomic mass is 32.1. The molecular weight excluding hydrogens is 504 g/mol. The minimum Gasteiger partial charge on any atom is -0.494 e. The molecule has 1 atom stereocenters. The lowest BCUT2D eigenvalue weighted by atomic mass is 9.96. The quantitative estimate of drug-likeness (QED) is 0.291. The molecule has 1 aliphatic heterocycles. The number of aromatic nitrogens is 1. The summed E-state index contributed by atoms with van der Waals surface area (Å²) < 4.78 is 24.1. The van der Waals surface area contributed by atoms with Gasteiger partial charge in [-0.3, -0.25) is 9.36 Å². The van der Waals surface area contributed by atoms with Crippen LogP contribution in [0.3, 0.4) is 0 Å². The third-order valence-electron chi connectivity index (χ3n) is 5.87. The van der Waals surface area contributed by atoms with Gasteiger partial charge in [0, 0.05) is 0 Å². The van der Waals surface area contributed by atoms with Crippen LogP contribution in [0.1, 0.15) is 37.9 Å².